The first-order valence-corrected chi connectivity index (χ1v) is 5.85. The molecule has 0 radical (unpaired) electrons. The first kappa shape index (κ1) is 13.5. The highest BCUT2D eigenvalue weighted by atomic mass is 35.5. The van der Waals surface area contributed by atoms with Gasteiger partial charge in [0.15, 0.2) is 0 Å². The molecular weight excluding hydrogens is 228 g/mol. The van der Waals surface area contributed by atoms with Gasteiger partial charge in [0.05, 0.1) is 29.1 Å². The Labute approximate surface area is 101 Å². The van der Waals surface area contributed by atoms with Crippen LogP contribution in [0.25, 0.3) is 0 Å². The van der Waals surface area contributed by atoms with E-state index < -0.39 is 6.10 Å². The molecule has 0 amide bonds. The number of aromatic nitrogens is 2. The normalized spacial score (nSPS) is 13.1. The Bertz CT molecular complexity index is 339. The van der Waals surface area contributed by atoms with Gasteiger partial charge in [0.2, 0.25) is 0 Å². The molecule has 5 heteroatoms. The van der Waals surface area contributed by atoms with Gasteiger partial charge in [-0.3, -0.25) is 4.68 Å². The molecule has 16 heavy (non-hydrogen) atoms. The molecule has 0 aliphatic carbocycles. The fourth-order valence-electron chi connectivity index (χ4n) is 1.67. The van der Waals surface area contributed by atoms with Crippen LogP contribution in [0.3, 0.4) is 0 Å². The molecule has 0 spiro atoms. The zero-order valence-corrected chi connectivity index (χ0v) is 10.8. The van der Waals surface area contributed by atoms with Crippen LogP contribution in [0, 0.1) is 0 Å². The van der Waals surface area contributed by atoms with Gasteiger partial charge in [-0.05, 0) is 19.3 Å². The molecular formula is C11H19ClN2O2. The van der Waals surface area contributed by atoms with Crippen LogP contribution in [0.5, 0.6) is 0 Å². The third-order valence-corrected chi connectivity index (χ3v) is 3.01. The predicted octanol–water partition coefficient (Wildman–Crippen LogP) is 1.58. The molecule has 1 aromatic heterocycles. The van der Waals surface area contributed by atoms with Crippen LogP contribution in [0.1, 0.15) is 24.7 Å². The van der Waals surface area contributed by atoms with E-state index >= 15 is 0 Å². The predicted molar refractivity (Wildman–Crippen MR) is 63.8 cm³/mol. The summed E-state index contributed by atoms with van der Waals surface area (Å²) >= 11 is 6.19. The van der Waals surface area contributed by atoms with E-state index in [9.17, 15) is 5.11 Å². The fourth-order valence-corrected chi connectivity index (χ4v) is 2.06. The average molecular weight is 247 g/mol. The van der Waals surface area contributed by atoms with E-state index in [1.807, 2.05) is 14.0 Å². The van der Waals surface area contributed by atoms with Crippen molar-refractivity contribution < 1.29 is 9.84 Å². The minimum absolute atomic E-state index is 0.357. The van der Waals surface area contributed by atoms with Crippen LogP contribution < -0.4 is 0 Å². The summed E-state index contributed by atoms with van der Waals surface area (Å²) < 4.78 is 6.67. The number of ether oxygens (including phenoxy) is 1. The van der Waals surface area contributed by atoms with Crippen molar-refractivity contribution in [2.24, 2.45) is 7.05 Å². The Balaban J connectivity index is 2.63. The standard InChI is InChI=1S/C11H19ClN2O2/c1-4-9-11(12)10(14(2)13-9)6-5-8(15)7-16-3/h8,15H,4-7H2,1-3H3. The highest BCUT2D eigenvalue weighted by molar-refractivity contribution is 6.31. The lowest BCUT2D eigenvalue weighted by Gasteiger charge is -2.09. The van der Waals surface area contributed by atoms with Gasteiger partial charge in [-0.2, -0.15) is 5.10 Å². The zero-order chi connectivity index (χ0) is 12.1. The molecule has 0 bridgehead atoms. The Morgan fingerprint density at radius 3 is 2.75 bits per heavy atom. The van der Waals surface area contributed by atoms with Crippen molar-refractivity contribution in [1.82, 2.24) is 9.78 Å². The molecule has 1 aromatic rings. The number of nitrogens with zero attached hydrogens (tertiary/aromatic N) is 2. The molecule has 0 aliphatic rings. The van der Waals surface area contributed by atoms with E-state index in [-0.39, 0.29) is 0 Å². The first-order chi connectivity index (χ1) is 7.60. The number of aryl methyl sites for hydroxylation is 2. The van der Waals surface area contributed by atoms with Crippen molar-refractivity contribution in [2.45, 2.75) is 32.3 Å². The van der Waals surface area contributed by atoms with Gasteiger partial charge < -0.3 is 9.84 Å². The number of aliphatic hydroxyl groups excluding tert-OH is 1. The molecule has 0 aromatic carbocycles. The zero-order valence-electron chi connectivity index (χ0n) is 10.0. The van der Waals surface area contributed by atoms with Crippen molar-refractivity contribution >= 4 is 11.6 Å². The fraction of sp³-hybridized carbons (Fsp3) is 0.727. The Kier molecular flexibility index (Phi) is 5.25. The van der Waals surface area contributed by atoms with E-state index in [2.05, 4.69) is 5.10 Å². The molecule has 92 valence electrons. The molecule has 1 N–H and O–H groups in total. The second-order valence-corrected chi connectivity index (χ2v) is 4.21. The average Bonchev–Trinajstić information content (AvgIpc) is 2.52. The Morgan fingerprint density at radius 2 is 2.25 bits per heavy atom. The number of rotatable bonds is 6. The van der Waals surface area contributed by atoms with Crippen molar-refractivity contribution in [3.05, 3.63) is 16.4 Å². The largest absolute Gasteiger partial charge is 0.391 e. The van der Waals surface area contributed by atoms with Gasteiger partial charge in [-0.15, -0.1) is 0 Å². The van der Waals surface area contributed by atoms with Crippen molar-refractivity contribution in [3.8, 4) is 0 Å². The number of halogens is 1. The van der Waals surface area contributed by atoms with Crippen molar-refractivity contribution in [1.29, 1.82) is 0 Å². The summed E-state index contributed by atoms with van der Waals surface area (Å²) in [6.07, 6.45) is 1.73. The summed E-state index contributed by atoms with van der Waals surface area (Å²) in [6, 6.07) is 0. The number of hydrogen-bond donors (Lipinski definition) is 1. The third-order valence-electron chi connectivity index (χ3n) is 2.58. The maximum absolute atomic E-state index is 9.56. The third kappa shape index (κ3) is 3.20. The van der Waals surface area contributed by atoms with Crippen LogP contribution in [0.4, 0.5) is 0 Å². The number of aliphatic hydroxyl groups is 1. The minimum Gasteiger partial charge on any atom is -0.391 e. The molecule has 4 nitrogen and oxygen atoms in total. The van der Waals surface area contributed by atoms with Crippen molar-refractivity contribution in [3.63, 3.8) is 0 Å². The van der Waals surface area contributed by atoms with Crippen LogP contribution in [-0.2, 0) is 24.6 Å². The lowest BCUT2D eigenvalue weighted by Crippen LogP contribution is -2.15. The molecule has 1 heterocycles. The number of hydrogen-bond acceptors (Lipinski definition) is 3. The van der Waals surface area contributed by atoms with E-state index in [4.69, 9.17) is 16.3 Å². The van der Waals surface area contributed by atoms with Crippen LogP contribution in [-0.4, -0.2) is 34.7 Å². The minimum atomic E-state index is -0.443. The lowest BCUT2D eigenvalue weighted by molar-refractivity contribution is 0.0592. The smallest absolute Gasteiger partial charge is 0.0849 e. The second-order valence-electron chi connectivity index (χ2n) is 3.83. The summed E-state index contributed by atoms with van der Waals surface area (Å²) in [4.78, 5) is 0. The molecule has 1 atom stereocenters. The summed E-state index contributed by atoms with van der Waals surface area (Å²) in [5.74, 6) is 0. The van der Waals surface area contributed by atoms with Crippen molar-refractivity contribution in [2.75, 3.05) is 13.7 Å². The van der Waals surface area contributed by atoms with Gasteiger partial charge in [0.1, 0.15) is 0 Å². The molecule has 0 saturated carbocycles. The summed E-state index contributed by atoms with van der Waals surface area (Å²) in [5.41, 5.74) is 1.90. The summed E-state index contributed by atoms with van der Waals surface area (Å²) in [5, 5.41) is 14.6. The maximum atomic E-state index is 9.56. The van der Waals surface area contributed by atoms with Gasteiger partial charge >= 0.3 is 0 Å². The first-order valence-electron chi connectivity index (χ1n) is 5.47. The molecule has 0 aliphatic heterocycles. The van der Waals surface area contributed by atoms with Gasteiger partial charge in [-0.25, -0.2) is 0 Å². The quantitative estimate of drug-likeness (QED) is 0.829. The highest BCUT2D eigenvalue weighted by Gasteiger charge is 2.14. The topological polar surface area (TPSA) is 47.3 Å². The van der Waals surface area contributed by atoms with E-state index in [0.717, 1.165) is 22.8 Å². The lowest BCUT2D eigenvalue weighted by atomic mass is 10.1. The van der Waals surface area contributed by atoms with Crippen LogP contribution >= 0.6 is 11.6 Å². The monoisotopic (exact) mass is 246 g/mol. The van der Waals surface area contributed by atoms with E-state index in [1.54, 1.807) is 11.8 Å². The van der Waals surface area contributed by atoms with E-state index in [1.165, 1.54) is 0 Å². The SMILES string of the molecule is CCc1nn(C)c(CCC(O)COC)c1Cl. The van der Waals surface area contributed by atoms with Gasteiger partial charge in [-0.1, -0.05) is 18.5 Å². The Morgan fingerprint density at radius 1 is 1.56 bits per heavy atom. The second kappa shape index (κ2) is 6.23. The molecule has 0 fully saturated rings. The maximum Gasteiger partial charge on any atom is 0.0849 e. The van der Waals surface area contributed by atoms with Gasteiger partial charge in [0.25, 0.3) is 0 Å². The van der Waals surface area contributed by atoms with Crippen LogP contribution in [0.2, 0.25) is 5.02 Å². The molecule has 0 saturated heterocycles. The summed E-state index contributed by atoms with van der Waals surface area (Å²) in [7, 11) is 3.46. The van der Waals surface area contributed by atoms with Crippen LogP contribution in [0.15, 0.2) is 0 Å². The van der Waals surface area contributed by atoms with E-state index in [0.29, 0.717) is 19.4 Å². The molecule has 1 unspecified atom stereocenters. The highest BCUT2D eigenvalue weighted by Crippen LogP contribution is 2.22. The van der Waals surface area contributed by atoms with Gasteiger partial charge in [0, 0.05) is 14.2 Å². The summed E-state index contributed by atoms with van der Waals surface area (Å²) in [6.45, 7) is 2.38. The molecule has 1 rings (SSSR count). The Hall–Kier alpha value is -0.580. The number of methoxy groups -OCH3 is 1.